The van der Waals surface area contributed by atoms with E-state index in [1.54, 1.807) is 17.8 Å². The van der Waals surface area contributed by atoms with Crippen LogP contribution in [0.25, 0.3) is 10.9 Å². The SMILES string of the molecule is O=C(Nc1ccccc1)c1cccc(CSc2nc3ccccc3c(=O)n2C2CC2)c1. The van der Waals surface area contributed by atoms with Crippen molar-refractivity contribution in [3.8, 4) is 0 Å². The second kappa shape index (κ2) is 8.40. The predicted molar refractivity (Wildman–Crippen MR) is 125 cm³/mol. The summed E-state index contributed by atoms with van der Waals surface area (Å²) in [5.41, 5.74) is 3.14. The molecule has 31 heavy (non-hydrogen) atoms. The van der Waals surface area contributed by atoms with Gasteiger partial charge in [0.15, 0.2) is 5.16 Å². The summed E-state index contributed by atoms with van der Waals surface area (Å²) in [7, 11) is 0. The maximum Gasteiger partial charge on any atom is 0.262 e. The lowest BCUT2D eigenvalue weighted by Crippen LogP contribution is -2.22. The van der Waals surface area contributed by atoms with Crippen molar-refractivity contribution in [1.82, 2.24) is 9.55 Å². The van der Waals surface area contributed by atoms with E-state index in [1.165, 1.54) is 0 Å². The molecule has 1 amide bonds. The minimum absolute atomic E-state index is 0.0339. The van der Waals surface area contributed by atoms with Gasteiger partial charge in [-0.25, -0.2) is 4.98 Å². The molecule has 6 heteroatoms. The van der Waals surface area contributed by atoms with Crippen LogP contribution in [-0.4, -0.2) is 15.5 Å². The van der Waals surface area contributed by atoms with Crippen LogP contribution in [0, 0.1) is 0 Å². The maximum absolute atomic E-state index is 13.0. The van der Waals surface area contributed by atoms with Crippen molar-refractivity contribution in [2.24, 2.45) is 0 Å². The topological polar surface area (TPSA) is 64.0 Å². The average Bonchev–Trinajstić information content (AvgIpc) is 3.64. The quantitative estimate of drug-likeness (QED) is 0.336. The lowest BCUT2D eigenvalue weighted by atomic mass is 10.1. The van der Waals surface area contributed by atoms with Crippen molar-refractivity contribution >= 4 is 34.3 Å². The zero-order chi connectivity index (χ0) is 21.2. The highest BCUT2D eigenvalue weighted by Gasteiger charge is 2.28. The zero-order valence-electron chi connectivity index (χ0n) is 16.8. The predicted octanol–water partition coefficient (Wildman–Crippen LogP) is 5.28. The molecule has 1 fully saturated rings. The van der Waals surface area contributed by atoms with Crippen LogP contribution >= 0.6 is 11.8 Å². The van der Waals surface area contributed by atoms with Crippen LogP contribution in [0.4, 0.5) is 5.69 Å². The number of carbonyl (C=O) groups is 1. The maximum atomic E-state index is 13.0. The number of hydrogen-bond donors (Lipinski definition) is 1. The Kier molecular flexibility index (Phi) is 5.30. The van der Waals surface area contributed by atoms with Gasteiger partial charge in [0.2, 0.25) is 0 Å². The number of anilines is 1. The number of benzene rings is 3. The van der Waals surface area contributed by atoms with E-state index in [1.807, 2.05) is 77.4 Å². The van der Waals surface area contributed by atoms with E-state index in [0.717, 1.165) is 34.8 Å². The molecule has 0 bridgehead atoms. The molecule has 0 atom stereocenters. The summed E-state index contributed by atoms with van der Waals surface area (Å²) >= 11 is 1.54. The molecule has 1 aliphatic rings. The van der Waals surface area contributed by atoms with Crippen LogP contribution in [0.15, 0.2) is 88.8 Å². The van der Waals surface area contributed by atoms with Gasteiger partial charge in [0.1, 0.15) is 0 Å². The molecular formula is C25H21N3O2S. The molecule has 1 N–H and O–H groups in total. The van der Waals surface area contributed by atoms with Crippen LogP contribution in [0.3, 0.4) is 0 Å². The molecule has 0 spiro atoms. The molecule has 0 aliphatic heterocycles. The molecule has 0 radical (unpaired) electrons. The van der Waals surface area contributed by atoms with Gasteiger partial charge in [0.05, 0.1) is 10.9 Å². The molecule has 5 rings (SSSR count). The van der Waals surface area contributed by atoms with Crippen LogP contribution in [0.1, 0.15) is 34.8 Å². The van der Waals surface area contributed by atoms with Crippen molar-refractivity contribution in [2.75, 3.05) is 5.32 Å². The molecule has 0 unspecified atom stereocenters. The van der Waals surface area contributed by atoms with Crippen LogP contribution in [-0.2, 0) is 5.75 Å². The van der Waals surface area contributed by atoms with Gasteiger partial charge in [-0.3, -0.25) is 14.2 Å². The summed E-state index contributed by atoms with van der Waals surface area (Å²) < 4.78 is 1.85. The van der Waals surface area contributed by atoms with Crippen molar-refractivity contribution in [3.63, 3.8) is 0 Å². The Bertz CT molecular complexity index is 1310. The third-order valence-electron chi connectivity index (χ3n) is 5.28. The summed E-state index contributed by atoms with van der Waals surface area (Å²) in [5.74, 6) is 0.487. The fourth-order valence-corrected chi connectivity index (χ4v) is 4.57. The first-order valence-electron chi connectivity index (χ1n) is 10.3. The fourth-order valence-electron chi connectivity index (χ4n) is 3.56. The second-order valence-electron chi connectivity index (χ2n) is 7.63. The van der Waals surface area contributed by atoms with Crippen molar-refractivity contribution in [2.45, 2.75) is 29.8 Å². The number of hydrogen-bond acceptors (Lipinski definition) is 4. The monoisotopic (exact) mass is 427 g/mol. The minimum Gasteiger partial charge on any atom is -0.322 e. The summed E-state index contributed by atoms with van der Waals surface area (Å²) in [5, 5.41) is 4.32. The van der Waals surface area contributed by atoms with Gasteiger partial charge in [0, 0.05) is 23.0 Å². The molecule has 1 aliphatic carbocycles. The second-order valence-corrected chi connectivity index (χ2v) is 8.57. The number of thioether (sulfide) groups is 1. The third-order valence-corrected chi connectivity index (χ3v) is 6.30. The van der Waals surface area contributed by atoms with Crippen molar-refractivity contribution in [3.05, 3.63) is 100 Å². The standard InChI is InChI=1S/C25H21N3O2S/c29-23(26-19-9-2-1-3-10-19)18-8-6-7-17(15-18)16-31-25-27-22-12-5-4-11-21(22)24(30)28(25)20-13-14-20/h1-12,15,20H,13-14,16H2,(H,26,29). The van der Waals surface area contributed by atoms with Gasteiger partial charge in [-0.15, -0.1) is 0 Å². The van der Waals surface area contributed by atoms with E-state index in [9.17, 15) is 9.59 Å². The van der Waals surface area contributed by atoms with Crippen molar-refractivity contribution in [1.29, 1.82) is 0 Å². The summed E-state index contributed by atoms with van der Waals surface area (Å²) in [4.78, 5) is 30.4. The fraction of sp³-hybridized carbons (Fsp3) is 0.160. The summed E-state index contributed by atoms with van der Waals surface area (Å²) in [6, 6.07) is 24.7. The van der Waals surface area contributed by atoms with E-state index >= 15 is 0 Å². The Morgan fingerprint density at radius 2 is 1.77 bits per heavy atom. The number of fused-ring (bicyclic) bond motifs is 1. The van der Waals surface area contributed by atoms with Gasteiger partial charge in [0.25, 0.3) is 11.5 Å². The molecule has 3 aromatic carbocycles. The Hall–Kier alpha value is -3.38. The molecule has 4 aromatic rings. The van der Waals surface area contributed by atoms with Crippen LogP contribution < -0.4 is 10.9 Å². The van der Waals surface area contributed by atoms with Gasteiger partial charge in [-0.1, -0.05) is 54.2 Å². The molecular weight excluding hydrogens is 406 g/mol. The van der Waals surface area contributed by atoms with E-state index in [0.29, 0.717) is 16.7 Å². The first kappa shape index (κ1) is 19.6. The zero-order valence-corrected chi connectivity index (χ0v) is 17.6. The number of nitrogens with one attached hydrogen (secondary N) is 1. The molecule has 1 saturated carbocycles. The van der Waals surface area contributed by atoms with E-state index in [2.05, 4.69) is 5.32 Å². The number of aromatic nitrogens is 2. The lowest BCUT2D eigenvalue weighted by Gasteiger charge is -2.12. The largest absolute Gasteiger partial charge is 0.322 e. The van der Waals surface area contributed by atoms with Crippen molar-refractivity contribution < 1.29 is 4.79 Å². The smallest absolute Gasteiger partial charge is 0.262 e. The number of para-hydroxylation sites is 2. The molecule has 154 valence electrons. The molecule has 1 aromatic heterocycles. The highest BCUT2D eigenvalue weighted by atomic mass is 32.2. The van der Waals surface area contributed by atoms with Gasteiger partial charge < -0.3 is 5.32 Å². The van der Waals surface area contributed by atoms with Gasteiger partial charge in [-0.2, -0.15) is 0 Å². The van der Waals surface area contributed by atoms with Gasteiger partial charge in [-0.05, 0) is 54.8 Å². The number of amides is 1. The average molecular weight is 428 g/mol. The normalized spacial score (nSPS) is 13.3. The van der Waals surface area contributed by atoms with E-state index in [-0.39, 0.29) is 17.5 Å². The Balaban J connectivity index is 1.37. The molecule has 5 nitrogen and oxygen atoms in total. The highest BCUT2D eigenvalue weighted by molar-refractivity contribution is 7.98. The highest BCUT2D eigenvalue weighted by Crippen LogP contribution is 2.37. The molecule has 0 saturated heterocycles. The first-order chi connectivity index (χ1) is 15.2. The number of rotatable bonds is 6. The Morgan fingerprint density at radius 3 is 2.58 bits per heavy atom. The Morgan fingerprint density at radius 1 is 1.00 bits per heavy atom. The van der Waals surface area contributed by atoms with Gasteiger partial charge >= 0.3 is 0 Å². The summed E-state index contributed by atoms with van der Waals surface area (Å²) in [6.45, 7) is 0. The van der Waals surface area contributed by atoms with E-state index in [4.69, 9.17) is 4.98 Å². The number of carbonyl (C=O) groups excluding carboxylic acids is 1. The van der Waals surface area contributed by atoms with Crippen LogP contribution in [0.2, 0.25) is 0 Å². The lowest BCUT2D eigenvalue weighted by molar-refractivity contribution is 0.102. The first-order valence-corrected chi connectivity index (χ1v) is 11.3. The number of nitrogens with zero attached hydrogens (tertiary/aromatic N) is 2. The minimum atomic E-state index is -0.142. The van der Waals surface area contributed by atoms with E-state index < -0.39 is 0 Å². The van der Waals surface area contributed by atoms with Crippen LogP contribution in [0.5, 0.6) is 0 Å². The summed E-state index contributed by atoms with van der Waals surface area (Å²) in [6.07, 6.45) is 2.03. The Labute approximate surface area is 184 Å². The third kappa shape index (κ3) is 4.25. The molecule has 1 heterocycles.